The summed E-state index contributed by atoms with van der Waals surface area (Å²) in [6.07, 6.45) is 1.22. The van der Waals surface area contributed by atoms with Crippen molar-refractivity contribution in [3.05, 3.63) is 23.8 Å². The van der Waals surface area contributed by atoms with Crippen LogP contribution in [0.5, 0.6) is 0 Å². The van der Waals surface area contributed by atoms with Crippen molar-refractivity contribution in [2.45, 2.75) is 17.7 Å². The number of nitrogen functional groups attached to an aromatic ring is 1. The van der Waals surface area contributed by atoms with Crippen LogP contribution in [0.25, 0.3) is 0 Å². The molecule has 0 amide bonds. The lowest BCUT2D eigenvalue weighted by atomic mass is 10.3. The van der Waals surface area contributed by atoms with Gasteiger partial charge in [0.15, 0.2) is 0 Å². The van der Waals surface area contributed by atoms with Crippen molar-refractivity contribution in [2.75, 3.05) is 26.0 Å². The second-order valence-electron chi connectivity index (χ2n) is 3.90. The molecule has 1 aromatic rings. The molecular formula is C11H16F2N2O3S. The van der Waals surface area contributed by atoms with Gasteiger partial charge in [0.05, 0.1) is 5.69 Å². The molecule has 0 radical (unpaired) electrons. The predicted octanol–water partition coefficient (Wildman–Crippen LogP) is 1.25. The molecule has 0 atom stereocenters. The molecule has 19 heavy (non-hydrogen) atoms. The van der Waals surface area contributed by atoms with Crippen LogP contribution in [0.3, 0.4) is 0 Å². The number of nitrogens with two attached hydrogens (primary N) is 1. The third-order valence-electron chi connectivity index (χ3n) is 2.41. The molecule has 0 aliphatic carbocycles. The Balaban J connectivity index is 2.75. The van der Waals surface area contributed by atoms with Gasteiger partial charge < -0.3 is 10.5 Å². The highest BCUT2D eigenvalue weighted by molar-refractivity contribution is 7.89. The molecular weight excluding hydrogens is 278 g/mol. The van der Waals surface area contributed by atoms with Crippen molar-refractivity contribution < 1.29 is 21.9 Å². The van der Waals surface area contributed by atoms with E-state index < -0.39 is 32.2 Å². The van der Waals surface area contributed by atoms with Crippen LogP contribution >= 0.6 is 0 Å². The monoisotopic (exact) mass is 294 g/mol. The average Bonchev–Trinajstić information content (AvgIpc) is 2.33. The first-order valence-corrected chi connectivity index (χ1v) is 7.10. The molecule has 0 saturated heterocycles. The van der Waals surface area contributed by atoms with Crippen LogP contribution < -0.4 is 10.5 Å². The SMILES string of the molecule is COCCCCNS(=O)(=O)c1cc(N)c(F)cc1F. The molecule has 0 saturated carbocycles. The van der Waals surface area contributed by atoms with Gasteiger partial charge >= 0.3 is 0 Å². The first-order valence-electron chi connectivity index (χ1n) is 5.61. The number of rotatable bonds is 7. The number of benzene rings is 1. The second-order valence-corrected chi connectivity index (χ2v) is 5.64. The van der Waals surface area contributed by atoms with E-state index in [2.05, 4.69) is 4.72 Å². The summed E-state index contributed by atoms with van der Waals surface area (Å²) >= 11 is 0. The molecule has 1 aromatic carbocycles. The van der Waals surface area contributed by atoms with Crippen molar-refractivity contribution in [1.82, 2.24) is 4.72 Å². The van der Waals surface area contributed by atoms with Crippen LogP contribution in [0.1, 0.15) is 12.8 Å². The molecule has 3 N–H and O–H groups in total. The number of anilines is 1. The molecule has 1 rings (SSSR count). The molecule has 0 aliphatic rings. The van der Waals surface area contributed by atoms with Gasteiger partial charge in [0, 0.05) is 26.3 Å². The average molecular weight is 294 g/mol. The summed E-state index contributed by atoms with van der Waals surface area (Å²) in [6, 6.07) is 1.22. The van der Waals surface area contributed by atoms with Crippen molar-refractivity contribution in [2.24, 2.45) is 0 Å². The second kappa shape index (κ2) is 6.78. The van der Waals surface area contributed by atoms with E-state index >= 15 is 0 Å². The Kier molecular flexibility index (Phi) is 5.64. The van der Waals surface area contributed by atoms with Crippen LogP contribution in [-0.2, 0) is 14.8 Å². The third-order valence-corrected chi connectivity index (χ3v) is 3.88. The zero-order chi connectivity index (χ0) is 14.5. The van der Waals surface area contributed by atoms with E-state index in [0.717, 1.165) is 6.07 Å². The summed E-state index contributed by atoms with van der Waals surface area (Å²) in [6.45, 7) is 0.655. The number of hydrogen-bond acceptors (Lipinski definition) is 4. The van der Waals surface area contributed by atoms with Crippen LogP contribution in [0.2, 0.25) is 0 Å². The van der Waals surface area contributed by atoms with Crippen LogP contribution in [0.15, 0.2) is 17.0 Å². The van der Waals surface area contributed by atoms with Gasteiger partial charge in [0.25, 0.3) is 0 Å². The van der Waals surface area contributed by atoms with E-state index in [1.54, 1.807) is 7.11 Å². The molecule has 0 spiro atoms. The van der Waals surface area contributed by atoms with Crippen molar-refractivity contribution >= 4 is 15.7 Å². The van der Waals surface area contributed by atoms with E-state index in [1.807, 2.05) is 0 Å². The highest BCUT2D eigenvalue weighted by Gasteiger charge is 2.20. The maximum Gasteiger partial charge on any atom is 0.243 e. The number of nitrogens with one attached hydrogen (secondary N) is 1. The van der Waals surface area contributed by atoms with E-state index in [-0.39, 0.29) is 6.54 Å². The number of methoxy groups -OCH3 is 1. The van der Waals surface area contributed by atoms with Crippen LogP contribution in [-0.4, -0.2) is 28.7 Å². The number of sulfonamides is 1. The third kappa shape index (κ3) is 4.41. The molecule has 0 aliphatic heterocycles. The molecule has 0 aromatic heterocycles. The summed E-state index contributed by atoms with van der Waals surface area (Å²) in [5.74, 6) is -2.16. The molecule has 0 fully saturated rings. The lowest BCUT2D eigenvalue weighted by Crippen LogP contribution is -2.26. The fourth-order valence-electron chi connectivity index (χ4n) is 1.41. The Morgan fingerprint density at radius 3 is 2.58 bits per heavy atom. The zero-order valence-electron chi connectivity index (χ0n) is 10.4. The summed E-state index contributed by atoms with van der Waals surface area (Å²) in [4.78, 5) is -0.654. The summed E-state index contributed by atoms with van der Waals surface area (Å²) in [5.41, 5.74) is 4.81. The van der Waals surface area contributed by atoms with Crippen molar-refractivity contribution in [3.63, 3.8) is 0 Å². The van der Waals surface area contributed by atoms with Gasteiger partial charge in [0.2, 0.25) is 10.0 Å². The largest absolute Gasteiger partial charge is 0.396 e. The Morgan fingerprint density at radius 1 is 1.26 bits per heavy atom. The van der Waals surface area contributed by atoms with Gasteiger partial charge in [-0.25, -0.2) is 21.9 Å². The van der Waals surface area contributed by atoms with Crippen LogP contribution in [0.4, 0.5) is 14.5 Å². The lowest BCUT2D eigenvalue weighted by molar-refractivity contribution is 0.193. The molecule has 0 bridgehead atoms. The molecule has 5 nitrogen and oxygen atoms in total. The lowest BCUT2D eigenvalue weighted by Gasteiger charge is -2.08. The minimum atomic E-state index is -4.03. The smallest absolute Gasteiger partial charge is 0.243 e. The van der Waals surface area contributed by atoms with E-state index in [4.69, 9.17) is 10.5 Å². The van der Waals surface area contributed by atoms with Gasteiger partial charge in [-0.3, -0.25) is 0 Å². The van der Waals surface area contributed by atoms with Crippen molar-refractivity contribution in [3.8, 4) is 0 Å². The molecule has 8 heteroatoms. The number of ether oxygens (including phenoxy) is 1. The zero-order valence-corrected chi connectivity index (χ0v) is 11.3. The van der Waals surface area contributed by atoms with Gasteiger partial charge in [-0.2, -0.15) is 0 Å². The quantitative estimate of drug-likeness (QED) is 0.586. The Morgan fingerprint density at radius 2 is 1.95 bits per heavy atom. The van der Waals surface area contributed by atoms with E-state index in [1.165, 1.54) is 0 Å². The van der Waals surface area contributed by atoms with E-state index in [9.17, 15) is 17.2 Å². The molecule has 0 heterocycles. The topological polar surface area (TPSA) is 81.4 Å². The standard InChI is InChI=1S/C11H16F2N2O3S/c1-18-5-3-2-4-15-19(16,17)11-7-10(14)8(12)6-9(11)13/h6-7,15H,2-5,14H2,1H3. The summed E-state index contributed by atoms with van der Waals surface area (Å²) in [5, 5.41) is 0. The van der Waals surface area contributed by atoms with Gasteiger partial charge in [-0.15, -0.1) is 0 Å². The fraction of sp³-hybridized carbons (Fsp3) is 0.455. The predicted molar refractivity (Wildman–Crippen MR) is 67.1 cm³/mol. The minimum Gasteiger partial charge on any atom is -0.396 e. The number of halogens is 2. The van der Waals surface area contributed by atoms with Crippen LogP contribution in [0, 0.1) is 11.6 Å². The van der Waals surface area contributed by atoms with E-state index in [0.29, 0.717) is 25.5 Å². The maximum absolute atomic E-state index is 13.4. The van der Waals surface area contributed by atoms with Gasteiger partial charge in [-0.05, 0) is 18.9 Å². The first kappa shape index (κ1) is 15.8. The first-order chi connectivity index (χ1) is 8.88. The minimum absolute atomic E-state index is 0.141. The Bertz CT molecular complexity index is 535. The summed E-state index contributed by atoms with van der Waals surface area (Å²) < 4.78 is 57.0. The number of unbranched alkanes of at least 4 members (excludes halogenated alkanes) is 1. The summed E-state index contributed by atoms with van der Waals surface area (Å²) in [7, 11) is -2.49. The van der Waals surface area contributed by atoms with Gasteiger partial charge in [-0.1, -0.05) is 0 Å². The Hall–Kier alpha value is -1.25. The maximum atomic E-state index is 13.4. The Labute approximate surface area is 110 Å². The molecule has 0 unspecified atom stereocenters. The fourth-order valence-corrected chi connectivity index (χ4v) is 2.57. The normalized spacial score (nSPS) is 11.7. The number of hydrogen-bond donors (Lipinski definition) is 2. The highest BCUT2D eigenvalue weighted by atomic mass is 32.2. The molecule has 108 valence electrons. The highest BCUT2D eigenvalue weighted by Crippen LogP contribution is 2.20. The van der Waals surface area contributed by atoms with Gasteiger partial charge in [0.1, 0.15) is 16.5 Å². The van der Waals surface area contributed by atoms with Crippen molar-refractivity contribution in [1.29, 1.82) is 0 Å².